The second-order valence-corrected chi connectivity index (χ2v) is 9.53. The molecule has 0 aromatic heterocycles. The number of ether oxygens (including phenoxy) is 3. The topological polar surface area (TPSA) is 85.4 Å². The van der Waals surface area contributed by atoms with E-state index in [9.17, 15) is 14.4 Å². The van der Waals surface area contributed by atoms with Crippen LogP contribution in [0.25, 0.3) is 0 Å². The SMILES string of the molecule is CC(=O)c1ccc(OCC[C@@H]2CN(C(=O)OCc3ccccc3)CCN2C(=O)OC(C)(C)C)cc1. The molecule has 2 aromatic rings. The molecule has 0 bridgehead atoms. The Hall–Kier alpha value is -3.55. The van der Waals surface area contributed by atoms with E-state index >= 15 is 0 Å². The summed E-state index contributed by atoms with van der Waals surface area (Å²) in [6.45, 7) is 8.53. The molecule has 8 heteroatoms. The van der Waals surface area contributed by atoms with E-state index in [1.165, 1.54) is 6.92 Å². The fourth-order valence-corrected chi connectivity index (χ4v) is 3.74. The van der Waals surface area contributed by atoms with Crippen molar-refractivity contribution in [3.63, 3.8) is 0 Å². The van der Waals surface area contributed by atoms with Gasteiger partial charge in [-0.3, -0.25) is 4.79 Å². The van der Waals surface area contributed by atoms with Crippen LogP contribution in [0.1, 0.15) is 50.0 Å². The number of carbonyl (C=O) groups is 3. The predicted octanol–water partition coefficient (Wildman–Crippen LogP) is 4.92. The second kappa shape index (κ2) is 11.7. The molecule has 188 valence electrons. The Morgan fingerprint density at radius 2 is 1.63 bits per heavy atom. The third-order valence-corrected chi connectivity index (χ3v) is 5.55. The van der Waals surface area contributed by atoms with Crippen molar-refractivity contribution in [3.8, 4) is 5.75 Å². The average Bonchev–Trinajstić information content (AvgIpc) is 2.82. The van der Waals surface area contributed by atoms with Crippen LogP contribution in [-0.2, 0) is 16.1 Å². The molecule has 0 saturated carbocycles. The number of carbonyl (C=O) groups excluding carboxylic acids is 3. The standard InChI is InChI=1S/C27H34N2O6/c1-20(30)22-10-12-24(13-11-22)33-17-14-23-18-28(15-16-29(23)26(32)35-27(2,3)4)25(31)34-19-21-8-6-5-7-9-21/h5-13,23H,14-19H2,1-4H3/t23-/m1/s1. The molecule has 0 spiro atoms. The first-order chi connectivity index (χ1) is 16.6. The number of Topliss-reactive ketones (excluding diaryl/α,β-unsaturated/α-hetero) is 1. The van der Waals surface area contributed by atoms with Gasteiger partial charge in [0.25, 0.3) is 0 Å². The van der Waals surface area contributed by atoms with E-state index in [2.05, 4.69) is 0 Å². The molecule has 2 amide bonds. The van der Waals surface area contributed by atoms with Crippen LogP contribution in [-0.4, -0.2) is 65.7 Å². The molecule has 1 aliphatic rings. The first kappa shape index (κ1) is 26.1. The first-order valence-electron chi connectivity index (χ1n) is 11.8. The van der Waals surface area contributed by atoms with Gasteiger partial charge in [-0.15, -0.1) is 0 Å². The molecule has 0 radical (unpaired) electrons. The van der Waals surface area contributed by atoms with Crippen molar-refractivity contribution in [2.45, 2.75) is 52.4 Å². The van der Waals surface area contributed by atoms with Gasteiger partial charge in [0.1, 0.15) is 18.0 Å². The Morgan fingerprint density at radius 3 is 2.26 bits per heavy atom. The second-order valence-electron chi connectivity index (χ2n) is 9.53. The van der Waals surface area contributed by atoms with Gasteiger partial charge in [-0.05, 0) is 57.5 Å². The van der Waals surface area contributed by atoms with Crippen LogP contribution in [0.15, 0.2) is 54.6 Å². The van der Waals surface area contributed by atoms with Crippen molar-refractivity contribution in [1.29, 1.82) is 0 Å². The van der Waals surface area contributed by atoms with Gasteiger partial charge in [-0.25, -0.2) is 9.59 Å². The minimum atomic E-state index is -0.623. The lowest BCUT2D eigenvalue weighted by Crippen LogP contribution is -2.57. The molecule has 2 aromatic carbocycles. The lowest BCUT2D eigenvalue weighted by molar-refractivity contribution is -0.00614. The van der Waals surface area contributed by atoms with Crippen LogP contribution < -0.4 is 4.74 Å². The van der Waals surface area contributed by atoms with Gasteiger partial charge in [0.05, 0.1) is 12.6 Å². The molecule has 1 saturated heterocycles. The number of benzene rings is 2. The lowest BCUT2D eigenvalue weighted by atomic mass is 10.1. The van der Waals surface area contributed by atoms with Gasteiger partial charge in [0.2, 0.25) is 0 Å². The Balaban J connectivity index is 1.61. The molecule has 35 heavy (non-hydrogen) atoms. The molecular weight excluding hydrogens is 448 g/mol. The molecule has 1 fully saturated rings. The Labute approximate surface area is 206 Å². The molecule has 1 aliphatic heterocycles. The summed E-state index contributed by atoms with van der Waals surface area (Å²) in [7, 11) is 0. The quantitative estimate of drug-likeness (QED) is 0.521. The summed E-state index contributed by atoms with van der Waals surface area (Å²) in [4.78, 5) is 40.3. The molecular formula is C27H34N2O6. The Bertz CT molecular complexity index is 1000. The van der Waals surface area contributed by atoms with Crippen LogP contribution >= 0.6 is 0 Å². The average molecular weight is 483 g/mol. The van der Waals surface area contributed by atoms with Crippen molar-refractivity contribution >= 4 is 18.0 Å². The summed E-state index contributed by atoms with van der Waals surface area (Å²) < 4.78 is 16.9. The van der Waals surface area contributed by atoms with Crippen molar-refractivity contribution in [2.24, 2.45) is 0 Å². The molecule has 1 heterocycles. The maximum absolute atomic E-state index is 12.8. The molecule has 0 aliphatic carbocycles. The van der Waals surface area contributed by atoms with E-state index in [1.807, 2.05) is 51.1 Å². The maximum atomic E-state index is 12.8. The smallest absolute Gasteiger partial charge is 0.410 e. The van der Waals surface area contributed by atoms with Gasteiger partial charge < -0.3 is 24.0 Å². The monoisotopic (exact) mass is 482 g/mol. The largest absolute Gasteiger partial charge is 0.494 e. The van der Waals surface area contributed by atoms with Crippen LogP contribution in [0.4, 0.5) is 9.59 Å². The number of hydrogen-bond acceptors (Lipinski definition) is 6. The van der Waals surface area contributed by atoms with Gasteiger partial charge in [-0.1, -0.05) is 30.3 Å². The van der Waals surface area contributed by atoms with Crippen molar-refractivity contribution in [3.05, 3.63) is 65.7 Å². The van der Waals surface area contributed by atoms with Crippen molar-refractivity contribution in [1.82, 2.24) is 9.80 Å². The third-order valence-electron chi connectivity index (χ3n) is 5.55. The summed E-state index contributed by atoms with van der Waals surface area (Å²) in [6, 6.07) is 16.1. The highest BCUT2D eigenvalue weighted by Gasteiger charge is 2.35. The minimum absolute atomic E-state index is 0.00833. The van der Waals surface area contributed by atoms with Crippen LogP contribution in [0, 0.1) is 0 Å². The lowest BCUT2D eigenvalue weighted by Gasteiger charge is -2.41. The summed E-state index contributed by atoms with van der Waals surface area (Å²) >= 11 is 0. The van der Waals surface area contributed by atoms with E-state index < -0.39 is 17.8 Å². The highest BCUT2D eigenvalue weighted by atomic mass is 16.6. The number of hydrogen-bond donors (Lipinski definition) is 0. The summed E-state index contributed by atoms with van der Waals surface area (Å²) in [5, 5.41) is 0. The molecule has 8 nitrogen and oxygen atoms in total. The molecule has 3 rings (SSSR count). The van der Waals surface area contributed by atoms with Crippen molar-refractivity contribution in [2.75, 3.05) is 26.2 Å². The van der Waals surface area contributed by atoms with Gasteiger partial charge in [0, 0.05) is 31.6 Å². The highest BCUT2D eigenvalue weighted by Crippen LogP contribution is 2.20. The molecule has 0 unspecified atom stereocenters. The fourth-order valence-electron chi connectivity index (χ4n) is 3.74. The van der Waals surface area contributed by atoms with Crippen molar-refractivity contribution < 1.29 is 28.6 Å². The predicted molar refractivity (Wildman–Crippen MR) is 131 cm³/mol. The normalized spacial score (nSPS) is 15.9. The zero-order chi connectivity index (χ0) is 25.4. The third kappa shape index (κ3) is 8.02. The van der Waals surface area contributed by atoms with Crippen LogP contribution in [0.3, 0.4) is 0 Å². The first-order valence-corrected chi connectivity index (χ1v) is 11.8. The summed E-state index contributed by atoms with van der Waals surface area (Å²) in [5.74, 6) is 0.625. The number of ketones is 1. The van der Waals surface area contributed by atoms with Gasteiger partial charge >= 0.3 is 12.2 Å². The van der Waals surface area contributed by atoms with E-state index in [0.29, 0.717) is 44.0 Å². The molecule has 0 N–H and O–H groups in total. The van der Waals surface area contributed by atoms with E-state index in [4.69, 9.17) is 14.2 Å². The number of nitrogens with zero attached hydrogens (tertiary/aromatic N) is 2. The van der Waals surface area contributed by atoms with E-state index in [0.717, 1.165) is 5.56 Å². The fraction of sp³-hybridized carbons (Fsp3) is 0.444. The summed E-state index contributed by atoms with van der Waals surface area (Å²) in [6.07, 6.45) is -0.329. The van der Waals surface area contributed by atoms with Crippen LogP contribution in [0.5, 0.6) is 5.75 Å². The summed E-state index contributed by atoms with van der Waals surface area (Å²) in [5.41, 5.74) is 0.905. The zero-order valence-electron chi connectivity index (χ0n) is 20.9. The van der Waals surface area contributed by atoms with Crippen LogP contribution in [0.2, 0.25) is 0 Å². The van der Waals surface area contributed by atoms with E-state index in [-0.39, 0.29) is 18.4 Å². The van der Waals surface area contributed by atoms with E-state index in [1.54, 1.807) is 34.1 Å². The Kier molecular flexibility index (Phi) is 8.73. The van der Waals surface area contributed by atoms with Gasteiger partial charge in [0.15, 0.2) is 5.78 Å². The molecule has 1 atom stereocenters. The number of rotatable bonds is 7. The number of piperazine rings is 1. The van der Waals surface area contributed by atoms with Gasteiger partial charge in [-0.2, -0.15) is 0 Å². The minimum Gasteiger partial charge on any atom is -0.494 e. The zero-order valence-corrected chi connectivity index (χ0v) is 20.9. The maximum Gasteiger partial charge on any atom is 0.410 e. The Morgan fingerprint density at radius 1 is 0.943 bits per heavy atom. The highest BCUT2D eigenvalue weighted by molar-refractivity contribution is 5.94. The number of amides is 2.